The lowest BCUT2D eigenvalue weighted by atomic mass is 10.1. The van der Waals surface area contributed by atoms with E-state index in [2.05, 4.69) is 95.7 Å². The zero-order chi connectivity index (χ0) is 54.5. The van der Waals surface area contributed by atoms with Crippen molar-refractivity contribution in [1.29, 1.82) is 0 Å². The number of fused-ring (bicyclic) bond motifs is 3. The lowest BCUT2D eigenvalue weighted by molar-refractivity contribution is 0.0522. The Morgan fingerprint density at radius 3 is 2.21 bits per heavy atom. The second kappa shape index (κ2) is 26.2. The molecule has 9 aromatic rings. The molecule has 6 N–H and O–H groups in total. The van der Waals surface area contributed by atoms with Crippen molar-refractivity contribution in [3.63, 3.8) is 0 Å². The molecule has 4 aromatic carbocycles. The summed E-state index contributed by atoms with van der Waals surface area (Å²) < 4.78 is 14.4. The fraction of sp³-hybridized carbons (Fsp3) is 0.204. The van der Waals surface area contributed by atoms with Gasteiger partial charge in [-0.25, -0.2) is 29.5 Å². The molecule has 0 radical (unpaired) electrons. The average molecular weight is 1210 g/mol. The van der Waals surface area contributed by atoms with Crippen LogP contribution >= 0.6 is 66.4 Å². The number of H-pyrrole nitrogens is 1. The van der Waals surface area contributed by atoms with Gasteiger partial charge in [-0.3, -0.25) is 9.79 Å². The number of aromatic carboxylic acids is 1. The Balaban J connectivity index is 0.000000145. The number of thiophene rings is 1. The Bertz CT molecular complexity index is 3570. The fourth-order valence-electron chi connectivity index (χ4n) is 7.12. The van der Waals surface area contributed by atoms with Crippen molar-refractivity contribution in [1.82, 2.24) is 34.7 Å². The van der Waals surface area contributed by atoms with E-state index in [1.54, 1.807) is 36.8 Å². The summed E-state index contributed by atoms with van der Waals surface area (Å²) >= 11 is 19.8. The Morgan fingerprint density at radius 2 is 1.58 bits per heavy atom. The monoisotopic (exact) mass is 1210 g/mol. The van der Waals surface area contributed by atoms with Crippen LogP contribution in [0.3, 0.4) is 0 Å². The Hall–Kier alpha value is -6.91. The molecule has 1 atom stereocenters. The van der Waals surface area contributed by atoms with Crippen molar-refractivity contribution in [2.75, 3.05) is 30.4 Å². The molecule has 1 fully saturated rings. The summed E-state index contributed by atoms with van der Waals surface area (Å²) in [4.78, 5) is 57.9. The van der Waals surface area contributed by atoms with Crippen LogP contribution in [0, 0.1) is 6.92 Å². The Morgan fingerprint density at radius 1 is 0.882 bits per heavy atom. The molecule has 22 heteroatoms. The predicted octanol–water partition coefficient (Wildman–Crippen LogP) is 13.9. The number of hydrogen-bond acceptors (Lipinski definition) is 15. The molecule has 11 rings (SSSR count). The highest BCUT2D eigenvalue weighted by molar-refractivity contribution is 9.10. The Kier molecular flexibility index (Phi) is 19.6. The molecule has 0 spiro atoms. The highest BCUT2D eigenvalue weighted by Crippen LogP contribution is 2.31. The van der Waals surface area contributed by atoms with Crippen molar-refractivity contribution in [2.45, 2.75) is 52.7 Å². The molecule has 5 aromatic heterocycles. The number of rotatable bonds is 7. The first-order valence-electron chi connectivity index (χ1n) is 23.4. The number of halogens is 4. The normalized spacial score (nSPS) is 13.5. The highest BCUT2D eigenvalue weighted by atomic mass is 79.9. The summed E-state index contributed by atoms with van der Waals surface area (Å²) in [6.45, 7) is 11.2. The van der Waals surface area contributed by atoms with E-state index in [4.69, 9.17) is 43.5 Å². The van der Waals surface area contributed by atoms with Crippen LogP contribution in [0.2, 0.25) is 10.3 Å². The molecule has 76 heavy (non-hydrogen) atoms. The molecule has 1 unspecified atom stereocenters. The summed E-state index contributed by atoms with van der Waals surface area (Å²) in [5.74, 6) is 1.23. The molecule has 0 saturated carbocycles. The number of carbonyl (C=O) groups is 3. The molecule has 2 aliphatic heterocycles. The smallest absolute Gasteiger partial charge is 0.435 e. The fourth-order valence-corrected chi connectivity index (χ4v) is 9.43. The first-order valence-corrected chi connectivity index (χ1v) is 26.5. The van der Waals surface area contributed by atoms with Gasteiger partial charge in [0.1, 0.15) is 33.6 Å². The maximum absolute atomic E-state index is 12.2. The predicted molar refractivity (Wildman–Crippen MR) is 310 cm³/mol. The summed E-state index contributed by atoms with van der Waals surface area (Å²) in [7, 11) is 0. The molecular formula is C54H51Br2Cl2N11O6S. The number of hydrogen-bond donors (Lipinski definition) is 5. The number of carboxylic acids is 1. The number of Topliss-reactive ketones (excluding diaryl/α,β-unsaturated/α-hetero) is 1. The van der Waals surface area contributed by atoms with Crippen LogP contribution in [-0.4, -0.2) is 95.3 Å². The van der Waals surface area contributed by atoms with Crippen molar-refractivity contribution < 1.29 is 29.0 Å². The Labute approximate surface area is 468 Å². The van der Waals surface area contributed by atoms with Gasteiger partial charge in [0.05, 0.1) is 29.9 Å². The summed E-state index contributed by atoms with van der Waals surface area (Å²) in [6.07, 6.45) is 9.49. The van der Waals surface area contributed by atoms with Crippen molar-refractivity contribution in [2.24, 2.45) is 10.7 Å². The van der Waals surface area contributed by atoms with E-state index in [1.807, 2.05) is 101 Å². The van der Waals surface area contributed by atoms with Crippen LogP contribution in [0.25, 0.3) is 37.5 Å². The molecule has 0 amide bonds. The number of carbonyl (C=O) groups excluding carboxylic acids is 2. The molecule has 2 aliphatic rings. The maximum atomic E-state index is 12.2. The third-order valence-electron chi connectivity index (χ3n) is 10.7. The number of benzene rings is 4. The van der Waals surface area contributed by atoms with Crippen LogP contribution in [0.15, 0.2) is 136 Å². The third kappa shape index (κ3) is 16.3. The number of ether oxygens (including phenoxy) is 2. The number of ketones is 1. The van der Waals surface area contributed by atoms with Gasteiger partial charge in [-0.1, -0.05) is 73.8 Å². The summed E-state index contributed by atoms with van der Waals surface area (Å²) in [5.41, 5.74) is 11.0. The second-order valence-electron chi connectivity index (χ2n) is 17.8. The molecule has 0 bridgehead atoms. The van der Waals surface area contributed by atoms with Gasteiger partial charge in [-0.05, 0) is 135 Å². The van der Waals surface area contributed by atoms with Gasteiger partial charge in [-0.15, -0.1) is 11.3 Å². The summed E-state index contributed by atoms with van der Waals surface area (Å²) in [6, 6.07) is 30.7. The van der Waals surface area contributed by atoms with Crippen molar-refractivity contribution in [3.05, 3.63) is 163 Å². The number of nitrogens with two attached hydrogens (primary N) is 1. The SMILES string of the molecule is CC(=O)c1[nH]c2cc(Br)ccc2c1Cl.CC(C)(C)OC(=O)n1ncc2cc(Nc3ccnc(Cl)n3)ccc21.Cc1nccc(Nc2ccc(C3=CCN=C3)cc2)n1.NC1CCOC1.O=C(O)c1cc2ccc(Br)cc2s1. The third-order valence-corrected chi connectivity index (χ3v) is 13.3. The van der Waals surface area contributed by atoms with Gasteiger partial charge in [0, 0.05) is 79.5 Å². The quantitative estimate of drug-likeness (QED) is 0.0737. The number of anilines is 4. The largest absolute Gasteiger partial charge is 0.477 e. The first-order chi connectivity index (χ1) is 36.3. The van der Waals surface area contributed by atoms with E-state index >= 15 is 0 Å². The zero-order valence-corrected chi connectivity index (χ0v) is 47.1. The lowest BCUT2D eigenvalue weighted by Gasteiger charge is -2.19. The van der Waals surface area contributed by atoms with E-state index in [0.29, 0.717) is 33.0 Å². The van der Waals surface area contributed by atoms with Gasteiger partial charge >= 0.3 is 12.1 Å². The molecule has 0 aliphatic carbocycles. The number of nitrogens with one attached hydrogen (secondary N) is 3. The van der Waals surface area contributed by atoms with E-state index in [0.717, 1.165) is 84.5 Å². The minimum atomic E-state index is -0.864. The van der Waals surface area contributed by atoms with Gasteiger partial charge in [0.25, 0.3) is 0 Å². The minimum absolute atomic E-state index is 0.0534. The number of nitrogens with zero attached hydrogens (tertiary/aromatic N) is 7. The van der Waals surface area contributed by atoms with Crippen LogP contribution < -0.4 is 16.4 Å². The van der Waals surface area contributed by atoms with Gasteiger partial charge in [0.2, 0.25) is 5.28 Å². The molecular weight excluding hydrogens is 1160 g/mol. The standard InChI is InChI=1S/C16H16ClN5O2.C15H14N4.C10H7BrClNO.C9H5BrO2S.C4H9NO/c1-16(2,3)24-15(23)22-12-5-4-11(8-10(12)9-19-22)20-13-6-7-18-14(17)21-13;1-11-17-9-7-15(18-11)19-14-4-2-12(3-5-14)13-6-8-16-10-13;1-5(14)10-9(12)7-3-2-6(11)4-8(7)13-10;10-6-2-1-5-3-8(9(11)12)13-7(5)4-6;5-4-1-2-6-3-4/h4-9H,1-3H3,(H,18,20,21);2-7,9-10H,8H2,1H3,(H,17,18,19);2-4,13H,1H3;1-4H,(H,11,12);4H,1-3,5H2. The van der Waals surface area contributed by atoms with E-state index in [-0.39, 0.29) is 11.1 Å². The lowest BCUT2D eigenvalue weighted by Crippen LogP contribution is -2.27. The number of aromatic nitrogens is 7. The van der Waals surface area contributed by atoms with E-state index in [1.165, 1.54) is 34.1 Å². The van der Waals surface area contributed by atoms with Crippen molar-refractivity contribution in [3.8, 4) is 0 Å². The van der Waals surface area contributed by atoms with Gasteiger partial charge in [-0.2, -0.15) is 9.78 Å². The topological polar surface area (TPSA) is 238 Å². The molecule has 17 nitrogen and oxygen atoms in total. The van der Waals surface area contributed by atoms with E-state index in [9.17, 15) is 14.4 Å². The zero-order valence-electron chi connectivity index (χ0n) is 41.6. The number of aliphatic imine (C=N–C) groups is 1. The van der Waals surface area contributed by atoms with Crippen LogP contribution in [0.5, 0.6) is 0 Å². The molecule has 392 valence electrons. The molecule has 1 saturated heterocycles. The van der Waals surface area contributed by atoms with Gasteiger partial charge < -0.3 is 35.9 Å². The van der Waals surface area contributed by atoms with Crippen molar-refractivity contribution >= 4 is 151 Å². The number of allylic oxidation sites excluding steroid dienone is 1. The minimum Gasteiger partial charge on any atom is -0.477 e. The van der Waals surface area contributed by atoms with Gasteiger partial charge in [0.15, 0.2) is 5.78 Å². The maximum Gasteiger partial charge on any atom is 0.435 e. The number of aryl methyl sites for hydroxylation is 1. The van der Waals surface area contributed by atoms with E-state index < -0.39 is 17.7 Å². The first kappa shape index (κ1) is 56.8. The number of aromatic amines is 1. The average Bonchev–Trinajstić information content (AvgIpc) is 4.25. The van der Waals surface area contributed by atoms with Crippen LogP contribution in [0.4, 0.5) is 27.8 Å². The molecule has 7 heterocycles. The van der Waals surface area contributed by atoms with Crippen LogP contribution in [0.1, 0.15) is 65.7 Å². The second-order valence-corrected chi connectivity index (χ2v) is 21.4. The summed E-state index contributed by atoms with van der Waals surface area (Å²) in [5, 5.41) is 22.6. The number of carboxylic acid groups (broad SMARTS) is 1. The van der Waals surface area contributed by atoms with Crippen LogP contribution in [-0.2, 0) is 9.47 Å². The highest BCUT2D eigenvalue weighted by Gasteiger charge is 2.20.